The van der Waals surface area contributed by atoms with E-state index in [2.05, 4.69) is 55.4 Å². The van der Waals surface area contributed by atoms with Crippen molar-refractivity contribution in [1.82, 2.24) is 0 Å². The summed E-state index contributed by atoms with van der Waals surface area (Å²) in [6, 6.07) is 4.57. The van der Waals surface area contributed by atoms with Crippen LogP contribution in [0, 0.1) is 0 Å². The molecule has 1 heteroatoms. The third kappa shape index (κ3) is 2.72. The van der Waals surface area contributed by atoms with Gasteiger partial charge in [0.15, 0.2) is 0 Å². The maximum Gasteiger partial charge on any atom is 0.0239 e. The minimum atomic E-state index is 0.439. The van der Waals surface area contributed by atoms with Crippen LogP contribution < -0.4 is 0 Å². The largest absolute Gasteiger partial charge is 0.102 e. The number of aryl methyl sites for hydroxylation is 2. The minimum absolute atomic E-state index is 0.439. The Kier molecular flexibility index (Phi) is 4.59. The summed E-state index contributed by atoms with van der Waals surface area (Å²) in [6.07, 6.45) is 4.15. The Balaban J connectivity index is 3.26. The average Bonchev–Trinajstić information content (AvgIpc) is 2.28. The first-order chi connectivity index (χ1) is 7.13. The molecule has 0 aliphatic heterocycles. The molecule has 0 saturated carbocycles. The fourth-order valence-electron chi connectivity index (χ4n) is 1.69. The van der Waals surface area contributed by atoms with E-state index in [9.17, 15) is 0 Å². The summed E-state index contributed by atoms with van der Waals surface area (Å²) in [5, 5.41) is 0. The van der Waals surface area contributed by atoms with E-state index in [1.54, 1.807) is 0 Å². The number of halogens is 1. The van der Waals surface area contributed by atoms with E-state index < -0.39 is 0 Å². The molecule has 1 atom stereocenters. The molecule has 0 heterocycles. The third-order valence-electron chi connectivity index (χ3n) is 2.89. The summed E-state index contributed by atoms with van der Waals surface area (Å²) in [5.41, 5.74) is 4.18. The van der Waals surface area contributed by atoms with Crippen LogP contribution in [0.15, 0.2) is 29.3 Å². The van der Waals surface area contributed by atoms with Crippen LogP contribution in [0.5, 0.6) is 0 Å². The SMILES string of the molecule is C=CC(C)c1cc(CC)c(Br)c(CC)c1. The van der Waals surface area contributed by atoms with Crippen LogP contribution in [0.3, 0.4) is 0 Å². The lowest BCUT2D eigenvalue weighted by molar-refractivity contribution is 0.944. The molecular weight excluding hydrogens is 248 g/mol. The Hall–Kier alpha value is -0.560. The van der Waals surface area contributed by atoms with Crippen LogP contribution >= 0.6 is 15.9 Å². The minimum Gasteiger partial charge on any atom is -0.102 e. The maximum absolute atomic E-state index is 3.86. The Labute approximate surface area is 102 Å². The molecule has 0 spiro atoms. The van der Waals surface area contributed by atoms with Gasteiger partial charge in [-0.25, -0.2) is 0 Å². The Morgan fingerprint density at radius 2 is 1.73 bits per heavy atom. The van der Waals surface area contributed by atoms with Gasteiger partial charge in [-0.2, -0.15) is 0 Å². The molecular formula is C14H19Br. The van der Waals surface area contributed by atoms with Crippen LogP contribution in [0.25, 0.3) is 0 Å². The van der Waals surface area contributed by atoms with Crippen molar-refractivity contribution in [2.45, 2.75) is 39.5 Å². The van der Waals surface area contributed by atoms with Crippen molar-refractivity contribution in [2.24, 2.45) is 0 Å². The average molecular weight is 267 g/mol. The molecule has 1 rings (SSSR count). The van der Waals surface area contributed by atoms with E-state index in [1.807, 2.05) is 6.08 Å². The second kappa shape index (κ2) is 5.50. The first kappa shape index (κ1) is 12.5. The van der Waals surface area contributed by atoms with E-state index >= 15 is 0 Å². The molecule has 0 aliphatic rings. The Morgan fingerprint density at radius 1 is 1.27 bits per heavy atom. The van der Waals surface area contributed by atoms with Crippen LogP contribution in [-0.4, -0.2) is 0 Å². The van der Waals surface area contributed by atoms with Crippen LogP contribution in [0.2, 0.25) is 0 Å². The molecule has 1 unspecified atom stereocenters. The van der Waals surface area contributed by atoms with Gasteiger partial charge in [0.25, 0.3) is 0 Å². The maximum atomic E-state index is 3.86. The zero-order valence-corrected chi connectivity index (χ0v) is 11.4. The van der Waals surface area contributed by atoms with E-state index in [0.717, 1.165) is 12.8 Å². The molecule has 0 nitrogen and oxygen atoms in total. The van der Waals surface area contributed by atoms with Crippen molar-refractivity contribution in [3.05, 3.63) is 46.0 Å². The van der Waals surface area contributed by atoms with Gasteiger partial charge in [0.1, 0.15) is 0 Å². The fourth-order valence-corrected chi connectivity index (χ4v) is 2.48. The summed E-state index contributed by atoms with van der Waals surface area (Å²) in [6.45, 7) is 10.4. The summed E-state index contributed by atoms with van der Waals surface area (Å²) in [7, 11) is 0. The van der Waals surface area contributed by atoms with Crippen molar-refractivity contribution in [3.8, 4) is 0 Å². The summed E-state index contributed by atoms with van der Waals surface area (Å²) < 4.78 is 1.28. The number of allylic oxidation sites excluding steroid dienone is 1. The zero-order valence-electron chi connectivity index (χ0n) is 9.81. The third-order valence-corrected chi connectivity index (χ3v) is 3.91. The number of benzene rings is 1. The second-order valence-corrected chi connectivity index (χ2v) is 4.68. The van der Waals surface area contributed by atoms with Crippen molar-refractivity contribution in [2.75, 3.05) is 0 Å². The number of hydrogen-bond acceptors (Lipinski definition) is 0. The van der Waals surface area contributed by atoms with Gasteiger partial charge in [-0.3, -0.25) is 0 Å². The topological polar surface area (TPSA) is 0 Å². The summed E-state index contributed by atoms with van der Waals surface area (Å²) in [4.78, 5) is 0. The van der Waals surface area contributed by atoms with Gasteiger partial charge in [0.2, 0.25) is 0 Å². The normalized spacial score (nSPS) is 12.5. The quantitative estimate of drug-likeness (QED) is 0.683. The van der Waals surface area contributed by atoms with Crippen LogP contribution in [-0.2, 0) is 12.8 Å². The van der Waals surface area contributed by atoms with E-state index in [1.165, 1.54) is 21.2 Å². The van der Waals surface area contributed by atoms with Crippen molar-refractivity contribution in [1.29, 1.82) is 0 Å². The lowest BCUT2D eigenvalue weighted by atomic mass is 9.95. The van der Waals surface area contributed by atoms with Gasteiger partial charge in [-0.15, -0.1) is 6.58 Å². The summed E-state index contributed by atoms with van der Waals surface area (Å²) >= 11 is 3.68. The first-order valence-electron chi connectivity index (χ1n) is 5.57. The number of hydrogen-bond donors (Lipinski definition) is 0. The Morgan fingerprint density at radius 3 is 2.07 bits per heavy atom. The molecule has 0 aromatic heterocycles. The molecule has 15 heavy (non-hydrogen) atoms. The smallest absolute Gasteiger partial charge is 0.0239 e. The first-order valence-corrected chi connectivity index (χ1v) is 6.37. The standard InChI is InChI=1S/C14H19Br/c1-5-10(4)13-8-11(6-2)14(15)12(7-3)9-13/h5,8-10H,1,6-7H2,2-4H3. The molecule has 0 fully saturated rings. The highest BCUT2D eigenvalue weighted by Crippen LogP contribution is 2.28. The highest BCUT2D eigenvalue weighted by molar-refractivity contribution is 9.10. The second-order valence-electron chi connectivity index (χ2n) is 3.88. The van der Waals surface area contributed by atoms with Crippen molar-refractivity contribution < 1.29 is 0 Å². The fraction of sp³-hybridized carbons (Fsp3) is 0.429. The van der Waals surface area contributed by atoms with Gasteiger partial charge in [0, 0.05) is 4.47 Å². The lowest BCUT2D eigenvalue weighted by Gasteiger charge is -2.14. The highest BCUT2D eigenvalue weighted by atomic mass is 79.9. The van der Waals surface area contributed by atoms with Gasteiger partial charge in [-0.05, 0) is 35.4 Å². The molecule has 0 radical (unpaired) electrons. The predicted octanol–water partition coefficient (Wildman–Crippen LogP) is 4.86. The number of rotatable bonds is 4. The van der Waals surface area contributed by atoms with Gasteiger partial charge >= 0.3 is 0 Å². The molecule has 0 amide bonds. The van der Waals surface area contributed by atoms with Gasteiger partial charge in [-0.1, -0.05) is 54.9 Å². The van der Waals surface area contributed by atoms with E-state index in [-0.39, 0.29) is 0 Å². The molecule has 0 aliphatic carbocycles. The Bertz CT molecular complexity index is 327. The van der Waals surface area contributed by atoms with Gasteiger partial charge in [0.05, 0.1) is 0 Å². The van der Waals surface area contributed by atoms with Crippen molar-refractivity contribution in [3.63, 3.8) is 0 Å². The monoisotopic (exact) mass is 266 g/mol. The summed E-state index contributed by atoms with van der Waals surface area (Å²) in [5.74, 6) is 0.439. The molecule has 0 saturated heterocycles. The van der Waals surface area contributed by atoms with E-state index in [4.69, 9.17) is 0 Å². The molecule has 0 bridgehead atoms. The predicted molar refractivity (Wildman–Crippen MR) is 71.5 cm³/mol. The van der Waals surface area contributed by atoms with Gasteiger partial charge < -0.3 is 0 Å². The lowest BCUT2D eigenvalue weighted by Crippen LogP contribution is -1.97. The van der Waals surface area contributed by atoms with Crippen molar-refractivity contribution >= 4 is 15.9 Å². The molecule has 82 valence electrons. The van der Waals surface area contributed by atoms with E-state index in [0.29, 0.717) is 5.92 Å². The molecule has 1 aromatic carbocycles. The highest BCUT2D eigenvalue weighted by Gasteiger charge is 2.08. The molecule has 0 N–H and O–H groups in total. The zero-order chi connectivity index (χ0) is 11.4. The molecule has 1 aromatic rings. The van der Waals surface area contributed by atoms with Crippen LogP contribution in [0.1, 0.15) is 43.4 Å². The van der Waals surface area contributed by atoms with Crippen LogP contribution in [0.4, 0.5) is 0 Å².